The standard InChI is InChI=1S/C20H23FN2O3.ClH/c1-22(18-8-4-16(5-9-18)19(24)25)12-20(26)13-23(14-20)11-10-15-2-6-17(21)7-3-15;/h2-9,26H,10-14H2,1H3,(H,24,25);1H. The number of nitrogens with zero attached hydrogens (tertiary/aromatic N) is 2. The van der Waals surface area contributed by atoms with Gasteiger partial charge in [0.2, 0.25) is 0 Å². The highest BCUT2D eigenvalue weighted by Crippen LogP contribution is 2.24. The Balaban J connectivity index is 0.00000261. The molecule has 1 aliphatic rings. The predicted molar refractivity (Wildman–Crippen MR) is 105 cm³/mol. The molecule has 0 bridgehead atoms. The third-order valence-electron chi connectivity index (χ3n) is 4.75. The highest BCUT2D eigenvalue weighted by Gasteiger charge is 2.41. The van der Waals surface area contributed by atoms with Crippen LogP contribution in [0.25, 0.3) is 0 Å². The Morgan fingerprint density at radius 2 is 1.74 bits per heavy atom. The number of halogens is 2. The van der Waals surface area contributed by atoms with Crippen molar-refractivity contribution in [3.8, 4) is 0 Å². The number of carboxylic acids is 1. The fourth-order valence-corrected chi connectivity index (χ4v) is 3.37. The molecule has 0 atom stereocenters. The van der Waals surface area contributed by atoms with E-state index in [9.17, 15) is 14.3 Å². The Kier molecular flexibility index (Phi) is 6.81. The Hall–Kier alpha value is -2.15. The van der Waals surface area contributed by atoms with E-state index < -0.39 is 11.6 Å². The van der Waals surface area contributed by atoms with Crippen LogP contribution in [0.5, 0.6) is 0 Å². The first kappa shape index (κ1) is 21.2. The monoisotopic (exact) mass is 394 g/mol. The van der Waals surface area contributed by atoms with Gasteiger partial charge in [-0.25, -0.2) is 9.18 Å². The van der Waals surface area contributed by atoms with Crippen LogP contribution < -0.4 is 4.90 Å². The minimum absolute atomic E-state index is 0. The number of rotatable bonds is 7. The molecular weight excluding hydrogens is 371 g/mol. The molecule has 0 radical (unpaired) electrons. The van der Waals surface area contributed by atoms with Crippen LogP contribution in [0.1, 0.15) is 15.9 Å². The minimum atomic E-state index is -0.950. The molecule has 1 heterocycles. The third kappa shape index (κ3) is 5.42. The van der Waals surface area contributed by atoms with Gasteiger partial charge < -0.3 is 15.1 Å². The van der Waals surface area contributed by atoms with Gasteiger partial charge in [-0.3, -0.25) is 4.90 Å². The SMILES string of the molecule is CN(CC1(O)CN(CCc2ccc(F)cc2)C1)c1ccc(C(=O)O)cc1.Cl. The summed E-state index contributed by atoms with van der Waals surface area (Å²) in [6.07, 6.45) is 0.822. The summed E-state index contributed by atoms with van der Waals surface area (Å²) in [5.41, 5.74) is 1.42. The maximum atomic E-state index is 12.9. The normalized spacial score (nSPS) is 15.5. The Labute approximate surface area is 164 Å². The van der Waals surface area contributed by atoms with Gasteiger partial charge in [0.15, 0.2) is 0 Å². The van der Waals surface area contributed by atoms with Crippen LogP contribution in [0.4, 0.5) is 10.1 Å². The van der Waals surface area contributed by atoms with E-state index in [-0.39, 0.29) is 23.8 Å². The first-order chi connectivity index (χ1) is 12.3. The Morgan fingerprint density at radius 3 is 2.30 bits per heavy atom. The van der Waals surface area contributed by atoms with E-state index in [0.29, 0.717) is 19.6 Å². The molecule has 27 heavy (non-hydrogen) atoms. The second kappa shape index (κ2) is 8.69. The topological polar surface area (TPSA) is 64.0 Å². The van der Waals surface area contributed by atoms with Crippen LogP contribution in [0.15, 0.2) is 48.5 Å². The molecule has 0 saturated carbocycles. The summed E-state index contributed by atoms with van der Waals surface area (Å²) in [5.74, 6) is -1.18. The van der Waals surface area contributed by atoms with Gasteiger partial charge in [0.25, 0.3) is 0 Å². The van der Waals surface area contributed by atoms with Crippen LogP contribution >= 0.6 is 12.4 Å². The zero-order valence-corrected chi connectivity index (χ0v) is 16.0. The van der Waals surface area contributed by atoms with E-state index in [2.05, 4.69) is 4.90 Å². The summed E-state index contributed by atoms with van der Waals surface area (Å²) in [7, 11) is 1.88. The Morgan fingerprint density at radius 1 is 1.15 bits per heavy atom. The fraction of sp³-hybridized carbons (Fsp3) is 0.350. The van der Waals surface area contributed by atoms with Gasteiger partial charge in [-0.15, -0.1) is 12.4 Å². The molecule has 1 aliphatic heterocycles. The minimum Gasteiger partial charge on any atom is -0.478 e. The molecule has 0 aromatic heterocycles. The van der Waals surface area contributed by atoms with E-state index in [0.717, 1.165) is 24.2 Å². The molecule has 2 aromatic rings. The largest absolute Gasteiger partial charge is 0.478 e. The molecule has 1 saturated heterocycles. The second-order valence-corrected chi connectivity index (χ2v) is 7.02. The first-order valence-electron chi connectivity index (χ1n) is 8.58. The van der Waals surface area contributed by atoms with E-state index >= 15 is 0 Å². The quantitative estimate of drug-likeness (QED) is 0.756. The lowest BCUT2D eigenvalue weighted by molar-refractivity contribution is -0.0896. The van der Waals surface area contributed by atoms with Crippen molar-refractivity contribution in [3.05, 3.63) is 65.5 Å². The van der Waals surface area contributed by atoms with Crippen molar-refractivity contribution in [2.45, 2.75) is 12.0 Å². The molecule has 2 aromatic carbocycles. The number of likely N-dealkylation sites (tertiary alicyclic amines) is 1. The molecule has 0 amide bonds. The maximum Gasteiger partial charge on any atom is 0.335 e. The zero-order valence-electron chi connectivity index (χ0n) is 15.1. The average molecular weight is 395 g/mol. The number of carboxylic acid groups (broad SMARTS) is 1. The summed E-state index contributed by atoms with van der Waals surface area (Å²) in [4.78, 5) is 15.0. The fourth-order valence-electron chi connectivity index (χ4n) is 3.37. The zero-order chi connectivity index (χ0) is 18.7. The van der Waals surface area contributed by atoms with Crippen molar-refractivity contribution in [2.75, 3.05) is 38.1 Å². The third-order valence-corrected chi connectivity index (χ3v) is 4.75. The second-order valence-electron chi connectivity index (χ2n) is 7.02. The highest BCUT2D eigenvalue weighted by molar-refractivity contribution is 5.88. The van der Waals surface area contributed by atoms with Crippen molar-refractivity contribution in [2.24, 2.45) is 0 Å². The summed E-state index contributed by atoms with van der Waals surface area (Å²) in [6, 6.07) is 13.1. The Bertz CT molecular complexity index is 762. The number of anilines is 1. The number of likely N-dealkylation sites (N-methyl/N-ethyl adjacent to an activating group) is 1. The van der Waals surface area contributed by atoms with E-state index in [1.54, 1.807) is 36.4 Å². The highest BCUT2D eigenvalue weighted by atomic mass is 35.5. The molecule has 3 rings (SSSR count). The summed E-state index contributed by atoms with van der Waals surface area (Å²) < 4.78 is 12.9. The van der Waals surface area contributed by atoms with Gasteiger partial charge >= 0.3 is 5.97 Å². The lowest BCUT2D eigenvalue weighted by Gasteiger charge is -2.48. The molecular formula is C20H24ClFN2O3. The van der Waals surface area contributed by atoms with Crippen LogP contribution in [-0.4, -0.2) is 59.9 Å². The molecule has 7 heteroatoms. The smallest absolute Gasteiger partial charge is 0.335 e. The van der Waals surface area contributed by atoms with Gasteiger partial charge in [-0.2, -0.15) is 0 Å². The van der Waals surface area contributed by atoms with E-state index in [1.165, 1.54) is 12.1 Å². The van der Waals surface area contributed by atoms with Crippen molar-refractivity contribution in [1.29, 1.82) is 0 Å². The molecule has 0 spiro atoms. The lowest BCUT2D eigenvalue weighted by atomic mass is 9.92. The molecule has 2 N–H and O–H groups in total. The summed E-state index contributed by atoms with van der Waals surface area (Å²) in [5, 5.41) is 19.6. The first-order valence-corrected chi connectivity index (χ1v) is 8.58. The number of benzene rings is 2. The lowest BCUT2D eigenvalue weighted by Crippen LogP contribution is -2.66. The molecule has 5 nitrogen and oxygen atoms in total. The van der Waals surface area contributed by atoms with Crippen LogP contribution in [0.2, 0.25) is 0 Å². The number of hydrogen-bond acceptors (Lipinski definition) is 4. The summed E-state index contributed by atoms with van der Waals surface area (Å²) >= 11 is 0. The van der Waals surface area contributed by atoms with Crippen molar-refractivity contribution in [1.82, 2.24) is 4.90 Å². The number of hydrogen-bond donors (Lipinski definition) is 2. The maximum absolute atomic E-state index is 12.9. The molecule has 1 fully saturated rings. The summed E-state index contributed by atoms with van der Waals surface area (Å²) in [6.45, 7) is 2.48. The van der Waals surface area contributed by atoms with E-state index in [1.807, 2.05) is 11.9 Å². The van der Waals surface area contributed by atoms with Crippen LogP contribution in [-0.2, 0) is 6.42 Å². The number of β-amino-alcohol motifs (C(OH)–C–C–N with tert-alkyl or cyclic N) is 1. The van der Waals surface area contributed by atoms with Gasteiger partial charge in [0.1, 0.15) is 11.4 Å². The molecule has 0 aliphatic carbocycles. The van der Waals surface area contributed by atoms with Gasteiger partial charge in [-0.05, 0) is 48.4 Å². The predicted octanol–water partition coefficient (Wildman–Crippen LogP) is 2.67. The van der Waals surface area contributed by atoms with Gasteiger partial charge in [-0.1, -0.05) is 12.1 Å². The van der Waals surface area contributed by atoms with Crippen LogP contribution in [0, 0.1) is 5.82 Å². The van der Waals surface area contributed by atoms with Crippen LogP contribution in [0.3, 0.4) is 0 Å². The van der Waals surface area contributed by atoms with Crippen molar-refractivity contribution in [3.63, 3.8) is 0 Å². The van der Waals surface area contributed by atoms with Gasteiger partial charge in [0, 0.05) is 38.9 Å². The van der Waals surface area contributed by atoms with Crippen molar-refractivity contribution < 1.29 is 19.4 Å². The van der Waals surface area contributed by atoms with Crippen molar-refractivity contribution >= 4 is 24.1 Å². The number of aromatic carboxylic acids is 1. The number of carbonyl (C=O) groups is 1. The van der Waals surface area contributed by atoms with Gasteiger partial charge in [0.05, 0.1) is 5.56 Å². The number of aliphatic hydroxyl groups is 1. The molecule has 0 unspecified atom stereocenters. The molecule has 146 valence electrons. The van der Waals surface area contributed by atoms with E-state index in [4.69, 9.17) is 5.11 Å². The average Bonchev–Trinajstić information content (AvgIpc) is 2.59.